The summed E-state index contributed by atoms with van der Waals surface area (Å²) in [6.45, 7) is 1.94. The van der Waals surface area contributed by atoms with Crippen molar-refractivity contribution in [3.05, 3.63) is 82.4 Å². The van der Waals surface area contributed by atoms with Gasteiger partial charge < -0.3 is 5.32 Å². The molecule has 5 nitrogen and oxygen atoms in total. The largest absolute Gasteiger partial charge is 0.349 e. The molecule has 24 heavy (non-hydrogen) atoms. The van der Waals surface area contributed by atoms with Crippen molar-refractivity contribution in [2.24, 2.45) is 0 Å². The lowest BCUT2D eigenvalue weighted by Gasteiger charge is -2.13. The highest BCUT2D eigenvalue weighted by Gasteiger charge is 2.15. The quantitative estimate of drug-likeness (QED) is 0.785. The van der Waals surface area contributed by atoms with E-state index in [2.05, 4.69) is 22.4 Å². The van der Waals surface area contributed by atoms with Gasteiger partial charge in [-0.25, -0.2) is 4.98 Å². The molecule has 0 fully saturated rings. The third kappa shape index (κ3) is 3.51. The van der Waals surface area contributed by atoms with Gasteiger partial charge in [0.15, 0.2) is 0 Å². The zero-order chi connectivity index (χ0) is 16.9. The van der Waals surface area contributed by atoms with Gasteiger partial charge in [0.2, 0.25) is 0 Å². The van der Waals surface area contributed by atoms with Gasteiger partial charge in [0.1, 0.15) is 11.2 Å². The third-order valence-corrected chi connectivity index (χ3v) is 3.94. The van der Waals surface area contributed by atoms with Crippen LogP contribution in [-0.2, 0) is 6.42 Å². The fourth-order valence-electron chi connectivity index (χ4n) is 2.58. The number of hydrogen-bond acceptors (Lipinski definition) is 3. The molecule has 0 aliphatic carbocycles. The molecule has 1 aromatic carbocycles. The molecule has 0 aliphatic rings. The van der Waals surface area contributed by atoms with Crippen molar-refractivity contribution in [2.75, 3.05) is 0 Å². The molecule has 0 spiro atoms. The maximum absolute atomic E-state index is 12.4. The van der Waals surface area contributed by atoms with E-state index in [0.29, 0.717) is 5.65 Å². The molecular weight excluding hydrogens is 302 g/mol. The van der Waals surface area contributed by atoms with Crippen molar-refractivity contribution in [1.29, 1.82) is 0 Å². The van der Waals surface area contributed by atoms with Crippen LogP contribution in [0.5, 0.6) is 0 Å². The number of nitrogens with zero attached hydrogens (tertiary/aromatic N) is 2. The molecular formula is C19H19N3O2. The molecule has 0 bridgehead atoms. The Morgan fingerprint density at radius 1 is 1.17 bits per heavy atom. The number of carbonyl (C=O) groups excluding carboxylic acids is 1. The lowest BCUT2D eigenvalue weighted by molar-refractivity contribution is 0.0936. The van der Waals surface area contributed by atoms with Crippen LogP contribution in [0.3, 0.4) is 0 Å². The minimum absolute atomic E-state index is 0.0337. The van der Waals surface area contributed by atoms with Crippen molar-refractivity contribution >= 4 is 11.6 Å². The summed E-state index contributed by atoms with van der Waals surface area (Å²) < 4.78 is 1.38. The maximum Gasteiger partial charge on any atom is 0.270 e. The van der Waals surface area contributed by atoms with E-state index in [1.165, 1.54) is 16.2 Å². The summed E-state index contributed by atoms with van der Waals surface area (Å²) in [7, 11) is 0. The Morgan fingerprint density at radius 2 is 1.92 bits per heavy atom. The number of rotatable bonds is 5. The molecule has 0 saturated carbocycles. The monoisotopic (exact) mass is 321 g/mol. The number of fused-ring (bicyclic) bond motifs is 1. The second kappa shape index (κ2) is 7.08. The van der Waals surface area contributed by atoms with E-state index in [1.54, 1.807) is 24.4 Å². The van der Waals surface area contributed by atoms with E-state index in [0.717, 1.165) is 12.8 Å². The first kappa shape index (κ1) is 15.9. The average molecular weight is 321 g/mol. The van der Waals surface area contributed by atoms with Crippen molar-refractivity contribution in [1.82, 2.24) is 14.7 Å². The van der Waals surface area contributed by atoms with Gasteiger partial charge in [-0.1, -0.05) is 36.4 Å². The van der Waals surface area contributed by atoms with Gasteiger partial charge in [-0.05, 0) is 37.5 Å². The number of aryl methyl sites for hydroxylation is 1. The van der Waals surface area contributed by atoms with Gasteiger partial charge in [0, 0.05) is 18.4 Å². The van der Waals surface area contributed by atoms with Crippen molar-refractivity contribution < 1.29 is 4.79 Å². The van der Waals surface area contributed by atoms with Gasteiger partial charge in [0.05, 0.1) is 0 Å². The van der Waals surface area contributed by atoms with Gasteiger partial charge in [-0.2, -0.15) is 0 Å². The van der Waals surface area contributed by atoms with E-state index in [1.807, 2.05) is 25.1 Å². The molecule has 3 aromatic rings. The minimum Gasteiger partial charge on any atom is -0.349 e. The van der Waals surface area contributed by atoms with E-state index in [4.69, 9.17) is 0 Å². The zero-order valence-electron chi connectivity index (χ0n) is 13.5. The highest BCUT2D eigenvalue weighted by molar-refractivity contribution is 5.93. The van der Waals surface area contributed by atoms with Gasteiger partial charge in [-0.15, -0.1) is 0 Å². The SMILES string of the molecule is C[C@H](CCc1ccccc1)NC(=O)c1cnc2ccccn2c1=O. The molecule has 0 aliphatic heterocycles. The number of aromatic nitrogens is 2. The molecule has 0 radical (unpaired) electrons. The van der Waals surface area contributed by atoms with Crippen molar-refractivity contribution in [3.63, 3.8) is 0 Å². The van der Waals surface area contributed by atoms with Crippen LogP contribution in [-0.4, -0.2) is 21.3 Å². The summed E-state index contributed by atoms with van der Waals surface area (Å²) >= 11 is 0. The number of nitrogens with one attached hydrogen (secondary N) is 1. The standard InChI is InChI=1S/C19H19N3O2/c1-14(10-11-15-7-3-2-4-8-15)21-18(23)16-13-20-17-9-5-6-12-22(17)19(16)24/h2-9,12-14H,10-11H2,1H3,(H,21,23)/t14-/m1/s1. The molecule has 2 aromatic heterocycles. The fourth-order valence-corrected chi connectivity index (χ4v) is 2.58. The fraction of sp³-hybridized carbons (Fsp3) is 0.211. The molecule has 1 amide bonds. The van der Waals surface area contributed by atoms with Crippen LogP contribution in [0.15, 0.2) is 65.7 Å². The van der Waals surface area contributed by atoms with Crippen LogP contribution in [0.4, 0.5) is 0 Å². The molecule has 122 valence electrons. The summed E-state index contributed by atoms with van der Waals surface area (Å²) in [4.78, 5) is 28.9. The second-order valence-electron chi connectivity index (χ2n) is 5.80. The number of hydrogen-bond donors (Lipinski definition) is 1. The molecule has 2 heterocycles. The van der Waals surface area contributed by atoms with Crippen LogP contribution in [0, 0.1) is 0 Å². The average Bonchev–Trinajstić information content (AvgIpc) is 2.61. The van der Waals surface area contributed by atoms with E-state index < -0.39 is 0 Å². The Kier molecular flexibility index (Phi) is 4.70. The number of amides is 1. The Morgan fingerprint density at radius 3 is 2.71 bits per heavy atom. The van der Waals surface area contributed by atoms with Crippen LogP contribution in [0.2, 0.25) is 0 Å². The number of carbonyl (C=O) groups is 1. The lowest BCUT2D eigenvalue weighted by atomic mass is 10.1. The third-order valence-electron chi connectivity index (χ3n) is 3.94. The number of benzene rings is 1. The van der Waals surface area contributed by atoms with Crippen LogP contribution >= 0.6 is 0 Å². The smallest absolute Gasteiger partial charge is 0.270 e. The van der Waals surface area contributed by atoms with Crippen molar-refractivity contribution in [2.45, 2.75) is 25.8 Å². The predicted octanol–water partition coefficient (Wildman–Crippen LogP) is 2.45. The van der Waals surface area contributed by atoms with E-state index >= 15 is 0 Å². The minimum atomic E-state index is -0.383. The highest BCUT2D eigenvalue weighted by Crippen LogP contribution is 2.05. The zero-order valence-corrected chi connectivity index (χ0v) is 13.5. The maximum atomic E-state index is 12.4. The van der Waals surface area contributed by atoms with Gasteiger partial charge >= 0.3 is 0 Å². The van der Waals surface area contributed by atoms with E-state index in [-0.39, 0.29) is 23.1 Å². The van der Waals surface area contributed by atoms with Gasteiger partial charge in [-0.3, -0.25) is 14.0 Å². The normalized spacial score (nSPS) is 12.0. The lowest BCUT2D eigenvalue weighted by Crippen LogP contribution is -2.37. The molecule has 5 heteroatoms. The first-order valence-electron chi connectivity index (χ1n) is 7.96. The summed E-state index contributed by atoms with van der Waals surface area (Å²) in [5.74, 6) is -0.383. The van der Waals surface area contributed by atoms with Gasteiger partial charge in [0.25, 0.3) is 11.5 Å². The van der Waals surface area contributed by atoms with E-state index in [9.17, 15) is 9.59 Å². The van der Waals surface area contributed by atoms with Crippen LogP contribution < -0.4 is 10.9 Å². The molecule has 0 unspecified atom stereocenters. The molecule has 0 saturated heterocycles. The summed E-state index contributed by atoms with van der Waals surface area (Å²) in [6, 6.07) is 15.3. The molecule has 1 atom stereocenters. The van der Waals surface area contributed by atoms with Crippen LogP contribution in [0.1, 0.15) is 29.3 Å². The Bertz CT molecular complexity index is 903. The van der Waals surface area contributed by atoms with Crippen LogP contribution in [0.25, 0.3) is 5.65 Å². The summed E-state index contributed by atoms with van der Waals surface area (Å²) in [6.07, 6.45) is 4.63. The first-order chi connectivity index (χ1) is 11.6. The number of pyridine rings is 1. The Labute approximate surface area is 140 Å². The molecule has 1 N–H and O–H groups in total. The topological polar surface area (TPSA) is 63.5 Å². The molecule has 3 rings (SSSR count). The Balaban J connectivity index is 1.68. The summed E-state index contributed by atoms with van der Waals surface area (Å²) in [5, 5.41) is 2.88. The first-order valence-corrected chi connectivity index (χ1v) is 7.96. The predicted molar refractivity (Wildman–Crippen MR) is 93.2 cm³/mol. The second-order valence-corrected chi connectivity index (χ2v) is 5.80. The summed E-state index contributed by atoms with van der Waals surface area (Å²) in [5.41, 5.74) is 1.46. The van der Waals surface area contributed by atoms with Crippen molar-refractivity contribution in [3.8, 4) is 0 Å². The highest BCUT2D eigenvalue weighted by atomic mass is 16.2. The Hall–Kier alpha value is -2.95.